The molecule has 0 saturated carbocycles. The zero-order valence-corrected chi connectivity index (χ0v) is 21.6. The van der Waals surface area contributed by atoms with Crippen molar-refractivity contribution >= 4 is 28.5 Å². The third-order valence-electron chi connectivity index (χ3n) is 5.89. The molecule has 2 amide bonds. The van der Waals surface area contributed by atoms with Crippen LogP contribution in [0.2, 0.25) is 0 Å². The van der Waals surface area contributed by atoms with Crippen LogP contribution in [0.1, 0.15) is 27.2 Å². The van der Waals surface area contributed by atoms with Gasteiger partial charge in [0.2, 0.25) is 5.91 Å². The van der Waals surface area contributed by atoms with Gasteiger partial charge < -0.3 is 24.2 Å². The fraction of sp³-hybridized carbons (Fsp3) is 0.379. The van der Waals surface area contributed by atoms with Crippen molar-refractivity contribution in [2.24, 2.45) is 0 Å². The first-order valence-corrected chi connectivity index (χ1v) is 12.5. The van der Waals surface area contributed by atoms with E-state index in [2.05, 4.69) is 0 Å². The normalized spacial score (nSPS) is 16.1. The molecule has 1 aliphatic heterocycles. The number of benzene rings is 3. The summed E-state index contributed by atoms with van der Waals surface area (Å²) < 4.78 is 17.3. The van der Waals surface area contributed by atoms with Gasteiger partial charge in [0.15, 0.2) is 0 Å². The third kappa shape index (κ3) is 6.92. The molecule has 8 nitrogen and oxygen atoms in total. The number of hydrogen-bond donors (Lipinski definition) is 1. The highest BCUT2D eigenvalue weighted by molar-refractivity contribution is 5.98. The fourth-order valence-electron chi connectivity index (χ4n) is 4.20. The van der Waals surface area contributed by atoms with E-state index in [0.29, 0.717) is 30.2 Å². The highest BCUT2D eigenvalue weighted by atomic mass is 16.6. The molecule has 1 fully saturated rings. The Balaban J connectivity index is 1.54. The summed E-state index contributed by atoms with van der Waals surface area (Å²) in [6, 6.07) is 20.7. The Morgan fingerprint density at radius 3 is 2.38 bits per heavy atom. The zero-order valence-electron chi connectivity index (χ0n) is 21.6. The van der Waals surface area contributed by atoms with E-state index >= 15 is 0 Å². The molecule has 1 N–H and O–H groups in total. The van der Waals surface area contributed by atoms with Crippen molar-refractivity contribution in [3.63, 3.8) is 0 Å². The zero-order chi connectivity index (χ0) is 26.4. The number of carbonyl (C=O) groups is 2. The van der Waals surface area contributed by atoms with Crippen molar-refractivity contribution in [3.8, 4) is 11.5 Å². The Hall–Kier alpha value is -3.78. The summed E-state index contributed by atoms with van der Waals surface area (Å²) in [5.74, 6) is 1.12. The molecule has 0 unspecified atom stereocenters. The lowest BCUT2D eigenvalue weighted by Crippen LogP contribution is -2.60. The summed E-state index contributed by atoms with van der Waals surface area (Å²) >= 11 is 0. The van der Waals surface area contributed by atoms with E-state index < -0.39 is 17.7 Å². The van der Waals surface area contributed by atoms with Crippen molar-refractivity contribution < 1.29 is 28.9 Å². The van der Waals surface area contributed by atoms with E-state index in [4.69, 9.17) is 19.3 Å². The van der Waals surface area contributed by atoms with Gasteiger partial charge in [-0.2, -0.15) is 0 Å². The van der Waals surface area contributed by atoms with Gasteiger partial charge in [-0.1, -0.05) is 30.3 Å². The molecular formula is C29H34N2O6. The molecule has 0 radical (unpaired) electrons. The van der Waals surface area contributed by atoms with Gasteiger partial charge in [0.25, 0.3) is 0 Å². The molecule has 0 aliphatic carbocycles. The number of fused-ring (bicyclic) bond motifs is 1. The minimum absolute atomic E-state index is 0.0629. The van der Waals surface area contributed by atoms with Gasteiger partial charge in [-0.15, -0.1) is 0 Å². The molecule has 3 aromatic carbocycles. The average molecular weight is 507 g/mol. The van der Waals surface area contributed by atoms with Crippen LogP contribution >= 0.6 is 0 Å². The maximum absolute atomic E-state index is 13.3. The van der Waals surface area contributed by atoms with Gasteiger partial charge in [0.1, 0.15) is 30.3 Å². The van der Waals surface area contributed by atoms with Crippen LogP contribution in [0.4, 0.5) is 10.5 Å². The Bertz CT molecular complexity index is 1220. The lowest BCUT2D eigenvalue weighted by Gasteiger charge is -2.41. The number of rotatable bonds is 8. The van der Waals surface area contributed by atoms with Gasteiger partial charge >= 0.3 is 6.09 Å². The number of amides is 2. The van der Waals surface area contributed by atoms with Crippen molar-refractivity contribution in [1.29, 1.82) is 0 Å². The Kier molecular flexibility index (Phi) is 8.18. The summed E-state index contributed by atoms with van der Waals surface area (Å²) in [6.07, 6.45) is 0.0185. The molecule has 0 aromatic heterocycles. The lowest BCUT2D eigenvalue weighted by atomic mass is 10.1. The quantitative estimate of drug-likeness (QED) is 0.448. The molecular weight excluding hydrogens is 472 g/mol. The number of aliphatic hydroxyl groups is 1. The van der Waals surface area contributed by atoms with E-state index in [1.165, 1.54) is 4.90 Å². The molecule has 3 aromatic rings. The molecule has 0 bridgehead atoms. The van der Waals surface area contributed by atoms with Crippen LogP contribution in [0.25, 0.3) is 10.8 Å². The van der Waals surface area contributed by atoms with Crippen LogP contribution in [0, 0.1) is 0 Å². The minimum atomic E-state index is -0.666. The smallest absolute Gasteiger partial charge is 0.410 e. The second-order valence-electron chi connectivity index (χ2n) is 10.0. The van der Waals surface area contributed by atoms with Crippen LogP contribution < -0.4 is 14.4 Å². The van der Waals surface area contributed by atoms with Crippen LogP contribution in [0.15, 0.2) is 66.7 Å². The monoisotopic (exact) mass is 506 g/mol. The van der Waals surface area contributed by atoms with Crippen LogP contribution in [-0.2, 0) is 9.53 Å². The van der Waals surface area contributed by atoms with Gasteiger partial charge in [0, 0.05) is 25.3 Å². The molecule has 0 spiro atoms. The van der Waals surface area contributed by atoms with Crippen molar-refractivity contribution in [2.45, 2.75) is 38.8 Å². The molecule has 1 saturated heterocycles. The Morgan fingerprint density at radius 1 is 0.973 bits per heavy atom. The maximum Gasteiger partial charge on any atom is 0.410 e. The second-order valence-corrected chi connectivity index (χ2v) is 10.0. The summed E-state index contributed by atoms with van der Waals surface area (Å²) in [4.78, 5) is 29.2. The first kappa shape index (κ1) is 26.3. The number of hydrogen-bond acceptors (Lipinski definition) is 6. The number of piperazine rings is 1. The minimum Gasteiger partial charge on any atom is -0.494 e. The number of anilines is 1. The van der Waals surface area contributed by atoms with Crippen LogP contribution in [-0.4, -0.2) is 66.6 Å². The highest BCUT2D eigenvalue weighted by Crippen LogP contribution is 2.27. The number of nitrogens with zero attached hydrogens (tertiary/aromatic N) is 2. The third-order valence-corrected chi connectivity index (χ3v) is 5.89. The summed E-state index contributed by atoms with van der Waals surface area (Å²) in [5, 5.41) is 11.1. The standard InChI is InChI=1S/C29H34N2O6/c1-29(2,3)37-28(34)30-18-24(20-36-26-12-9-21-7-4-5-8-22(21)17-26)31(27(33)19-30)23-10-13-25(14-11-23)35-16-6-15-32/h4-5,7-14,17,24,32H,6,15-16,18-20H2,1-3H3/t24-/m1/s1. The lowest BCUT2D eigenvalue weighted by molar-refractivity contribution is -0.122. The van der Waals surface area contributed by atoms with Crippen molar-refractivity contribution in [3.05, 3.63) is 66.7 Å². The van der Waals surface area contributed by atoms with Gasteiger partial charge in [-0.3, -0.25) is 9.69 Å². The number of aliphatic hydroxyl groups excluding tert-OH is 1. The van der Waals surface area contributed by atoms with Gasteiger partial charge in [-0.05, 0) is 67.9 Å². The molecule has 196 valence electrons. The molecule has 8 heteroatoms. The number of carbonyl (C=O) groups excluding carboxylic acids is 2. The van der Waals surface area contributed by atoms with E-state index in [9.17, 15) is 9.59 Å². The average Bonchev–Trinajstić information content (AvgIpc) is 2.87. The second kappa shape index (κ2) is 11.5. The molecule has 1 heterocycles. The summed E-state index contributed by atoms with van der Waals surface area (Å²) in [6.45, 7) is 6.24. The van der Waals surface area contributed by atoms with Crippen molar-refractivity contribution in [1.82, 2.24) is 4.90 Å². The van der Waals surface area contributed by atoms with Gasteiger partial charge in [-0.25, -0.2) is 4.79 Å². The summed E-state index contributed by atoms with van der Waals surface area (Å²) in [7, 11) is 0. The van der Waals surface area contributed by atoms with E-state index in [1.54, 1.807) is 37.8 Å². The van der Waals surface area contributed by atoms with E-state index in [0.717, 1.165) is 10.8 Å². The maximum atomic E-state index is 13.3. The summed E-state index contributed by atoms with van der Waals surface area (Å²) in [5.41, 5.74) is 0.0238. The van der Waals surface area contributed by atoms with E-state index in [1.807, 2.05) is 54.6 Å². The van der Waals surface area contributed by atoms with Gasteiger partial charge in [0.05, 0.1) is 12.6 Å². The molecule has 1 atom stereocenters. The number of ether oxygens (including phenoxy) is 3. The Morgan fingerprint density at radius 2 is 1.68 bits per heavy atom. The van der Waals surface area contributed by atoms with Crippen LogP contribution in [0.3, 0.4) is 0 Å². The molecule has 37 heavy (non-hydrogen) atoms. The SMILES string of the molecule is CC(C)(C)OC(=O)N1CC(=O)N(c2ccc(OCCCO)cc2)[C@@H](COc2ccc3ccccc3c2)C1. The molecule has 4 rings (SSSR count). The van der Waals surface area contributed by atoms with Crippen LogP contribution in [0.5, 0.6) is 11.5 Å². The molecule has 1 aliphatic rings. The first-order valence-electron chi connectivity index (χ1n) is 12.5. The predicted octanol–water partition coefficient (Wildman–Crippen LogP) is 4.63. The van der Waals surface area contributed by atoms with E-state index in [-0.39, 0.29) is 32.2 Å². The topological polar surface area (TPSA) is 88.5 Å². The highest BCUT2D eigenvalue weighted by Gasteiger charge is 2.37. The Labute approximate surface area is 217 Å². The largest absolute Gasteiger partial charge is 0.494 e. The predicted molar refractivity (Wildman–Crippen MR) is 142 cm³/mol. The van der Waals surface area contributed by atoms with Crippen molar-refractivity contribution in [2.75, 3.05) is 37.8 Å². The first-order chi connectivity index (χ1) is 17.7. The fourth-order valence-corrected chi connectivity index (χ4v) is 4.20.